The Labute approximate surface area is 145 Å². The Morgan fingerprint density at radius 1 is 0.962 bits per heavy atom. The Bertz CT molecular complexity index is 796. The Morgan fingerprint density at radius 3 is 2.19 bits per heavy atom. The number of hydrogen-bond donors (Lipinski definition) is 3. The molecule has 0 bridgehead atoms. The maximum absolute atomic E-state index is 13.3. The van der Waals surface area contributed by atoms with Gasteiger partial charge in [0.2, 0.25) is 5.60 Å². The van der Waals surface area contributed by atoms with Crippen LogP contribution in [-0.2, 0) is 15.2 Å². The number of hydrogen-bond acceptors (Lipinski definition) is 3. The second-order valence-electron chi connectivity index (χ2n) is 5.37. The Morgan fingerprint density at radius 2 is 1.62 bits per heavy atom. The molecular formula is C17H14F4N2O3. The van der Waals surface area contributed by atoms with Crippen LogP contribution >= 0.6 is 0 Å². The monoisotopic (exact) mass is 370 g/mol. The molecule has 0 aromatic heterocycles. The second kappa shape index (κ2) is 7.52. The third-order valence-corrected chi connectivity index (χ3v) is 3.51. The maximum atomic E-state index is 13.3. The molecule has 1 atom stereocenters. The molecule has 0 aliphatic carbocycles. The molecule has 0 aliphatic rings. The van der Waals surface area contributed by atoms with Crippen LogP contribution in [0.4, 0.5) is 23.2 Å². The van der Waals surface area contributed by atoms with Crippen molar-refractivity contribution in [2.75, 3.05) is 11.9 Å². The van der Waals surface area contributed by atoms with Crippen molar-refractivity contribution in [1.29, 1.82) is 0 Å². The molecule has 2 aromatic rings. The maximum Gasteiger partial charge on any atom is 0.423 e. The number of benzene rings is 2. The lowest BCUT2D eigenvalue weighted by Crippen LogP contribution is -2.52. The van der Waals surface area contributed by atoms with Crippen molar-refractivity contribution in [2.24, 2.45) is 0 Å². The van der Waals surface area contributed by atoms with Crippen LogP contribution in [0.5, 0.6) is 0 Å². The van der Waals surface area contributed by atoms with E-state index < -0.39 is 41.5 Å². The minimum Gasteiger partial charge on any atom is -0.375 e. The molecule has 0 fully saturated rings. The first kappa shape index (κ1) is 19.4. The van der Waals surface area contributed by atoms with E-state index in [-0.39, 0.29) is 5.69 Å². The molecule has 26 heavy (non-hydrogen) atoms. The number of aliphatic hydroxyl groups is 1. The highest BCUT2D eigenvalue weighted by atomic mass is 19.4. The number of nitrogens with one attached hydrogen (secondary N) is 2. The molecule has 0 saturated carbocycles. The van der Waals surface area contributed by atoms with Crippen molar-refractivity contribution in [3.63, 3.8) is 0 Å². The SMILES string of the molecule is O=C(NCC(O)(c1ccccc1)C(F)(F)F)C(=O)Nc1cccc(F)c1. The smallest absolute Gasteiger partial charge is 0.375 e. The van der Waals surface area contributed by atoms with Gasteiger partial charge in [0.05, 0.1) is 6.54 Å². The van der Waals surface area contributed by atoms with Crippen LogP contribution in [0, 0.1) is 5.82 Å². The highest BCUT2D eigenvalue weighted by molar-refractivity contribution is 6.39. The summed E-state index contributed by atoms with van der Waals surface area (Å²) in [7, 11) is 0. The summed E-state index contributed by atoms with van der Waals surface area (Å²) in [5.74, 6) is -3.38. The van der Waals surface area contributed by atoms with Crippen LogP contribution in [0.15, 0.2) is 54.6 Å². The molecule has 0 saturated heterocycles. The van der Waals surface area contributed by atoms with Crippen LogP contribution < -0.4 is 10.6 Å². The predicted molar refractivity (Wildman–Crippen MR) is 84.4 cm³/mol. The number of carbonyl (C=O) groups excluding carboxylic acids is 2. The predicted octanol–water partition coefficient (Wildman–Crippen LogP) is 2.33. The third-order valence-electron chi connectivity index (χ3n) is 3.51. The fraction of sp³-hybridized carbons (Fsp3) is 0.176. The minimum atomic E-state index is -5.10. The van der Waals surface area contributed by atoms with Crippen molar-refractivity contribution in [2.45, 2.75) is 11.8 Å². The quantitative estimate of drug-likeness (QED) is 0.571. The first-order valence-corrected chi connectivity index (χ1v) is 7.33. The first-order chi connectivity index (χ1) is 12.1. The van der Waals surface area contributed by atoms with Gasteiger partial charge >= 0.3 is 18.0 Å². The van der Waals surface area contributed by atoms with Crippen LogP contribution in [0.2, 0.25) is 0 Å². The van der Waals surface area contributed by atoms with Gasteiger partial charge in [0.1, 0.15) is 5.82 Å². The molecule has 0 radical (unpaired) electrons. The van der Waals surface area contributed by atoms with Crippen LogP contribution in [-0.4, -0.2) is 29.6 Å². The number of carbonyl (C=O) groups is 2. The van der Waals surface area contributed by atoms with Crippen LogP contribution in [0.3, 0.4) is 0 Å². The molecule has 2 aromatic carbocycles. The summed E-state index contributed by atoms with van der Waals surface area (Å²) in [6.45, 7) is -1.27. The lowest BCUT2D eigenvalue weighted by molar-refractivity contribution is -0.264. The normalized spacial score (nSPS) is 13.6. The lowest BCUT2D eigenvalue weighted by Gasteiger charge is -2.31. The van der Waals surface area contributed by atoms with Gasteiger partial charge in [-0.2, -0.15) is 13.2 Å². The lowest BCUT2D eigenvalue weighted by atomic mass is 9.93. The average Bonchev–Trinajstić information content (AvgIpc) is 2.59. The van der Waals surface area contributed by atoms with E-state index in [1.54, 1.807) is 5.32 Å². The fourth-order valence-corrected chi connectivity index (χ4v) is 2.12. The van der Waals surface area contributed by atoms with E-state index in [0.29, 0.717) is 0 Å². The largest absolute Gasteiger partial charge is 0.423 e. The van der Waals surface area contributed by atoms with E-state index in [0.717, 1.165) is 24.3 Å². The molecule has 1 unspecified atom stereocenters. The molecule has 0 aliphatic heterocycles. The van der Waals surface area contributed by atoms with Gasteiger partial charge in [-0.1, -0.05) is 36.4 Å². The number of rotatable bonds is 4. The van der Waals surface area contributed by atoms with Gasteiger partial charge in [-0.25, -0.2) is 4.39 Å². The molecule has 9 heteroatoms. The molecular weight excluding hydrogens is 356 g/mol. The molecule has 2 amide bonds. The highest BCUT2D eigenvalue weighted by Gasteiger charge is 2.55. The average molecular weight is 370 g/mol. The third kappa shape index (κ3) is 4.37. The van der Waals surface area contributed by atoms with Gasteiger partial charge in [-0.15, -0.1) is 0 Å². The summed E-state index contributed by atoms with van der Waals surface area (Å²) in [5.41, 5.74) is -3.90. The summed E-state index contributed by atoms with van der Waals surface area (Å²) in [4.78, 5) is 23.5. The Balaban J connectivity index is 2.09. The first-order valence-electron chi connectivity index (χ1n) is 7.33. The van der Waals surface area contributed by atoms with E-state index >= 15 is 0 Å². The number of halogens is 4. The van der Waals surface area contributed by atoms with E-state index in [2.05, 4.69) is 0 Å². The van der Waals surface area contributed by atoms with Crippen LogP contribution in [0.25, 0.3) is 0 Å². The van der Waals surface area contributed by atoms with Crippen molar-refractivity contribution in [3.05, 3.63) is 66.0 Å². The zero-order valence-corrected chi connectivity index (χ0v) is 13.2. The second-order valence-corrected chi connectivity index (χ2v) is 5.37. The van der Waals surface area contributed by atoms with Gasteiger partial charge in [0.25, 0.3) is 0 Å². The van der Waals surface area contributed by atoms with E-state index in [1.165, 1.54) is 30.3 Å². The summed E-state index contributed by atoms with van der Waals surface area (Å²) in [5, 5.41) is 13.8. The van der Waals surface area contributed by atoms with Gasteiger partial charge < -0.3 is 15.7 Å². The summed E-state index contributed by atoms with van der Waals surface area (Å²) in [6, 6.07) is 10.8. The standard InChI is InChI=1S/C17H14F4N2O3/c18-12-7-4-8-13(9-12)23-15(25)14(24)22-10-16(26,17(19,20)21)11-5-2-1-3-6-11/h1-9,26H,10H2,(H,22,24)(H,23,25). The molecule has 0 heterocycles. The van der Waals surface area contributed by atoms with Crippen molar-refractivity contribution < 1.29 is 32.3 Å². The summed E-state index contributed by atoms with van der Waals surface area (Å²) in [6.07, 6.45) is -5.10. The van der Waals surface area contributed by atoms with Crippen LogP contribution in [0.1, 0.15) is 5.56 Å². The van der Waals surface area contributed by atoms with Gasteiger partial charge in [-0.3, -0.25) is 9.59 Å². The minimum absolute atomic E-state index is 0.0423. The molecule has 2 rings (SSSR count). The van der Waals surface area contributed by atoms with Gasteiger partial charge in [-0.05, 0) is 23.8 Å². The van der Waals surface area contributed by atoms with Gasteiger partial charge in [0.15, 0.2) is 0 Å². The summed E-state index contributed by atoms with van der Waals surface area (Å²) >= 11 is 0. The molecule has 3 N–H and O–H groups in total. The number of alkyl halides is 3. The summed E-state index contributed by atoms with van der Waals surface area (Å²) < 4.78 is 52.9. The Hall–Kier alpha value is -2.94. The van der Waals surface area contributed by atoms with Crippen molar-refractivity contribution in [3.8, 4) is 0 Å². The van der Waals surface area contributed by atoms with Crippen molar-refractivity contribution >= 4 is 17.5 Å². The number of anilines is 1. The zero-order chi connectivity index (χ0) is 19.4. The Kier molecular flexibility index (Phi) is 5.61. The zero-order valence-electron chi connectivity index (χ0n) is 13.2. The number of amides is 2. The van der Waals surface area contributed by atoms with E-state index in [1.807, 2.05) is 5.32 Å². The van der Waals surface area contributed by atoms with Gasteiger partial charge in [0, 0.05) is 5.69 Å². The van der Waals surface area contributed by atoms with Crippen molar-refractivity contribution in [1.82, 2.24) is 5.32 Å². The molecule has 138 valence electrons. The van der Waals surface area contributed by atoms with E-state index in [9.17, 15) is 32.3 Å². The molecule has 0 spiro atoms. The highest BCUT2D eigenvalue weighted by Crippen LogP contribution is 2.38. The topological polar surface area (TPSA) is 78.4 Å². The van der Waals surface area contributed by atoms with E-state index in [4.69, 9.17) is 0 Å². The fourth-order valence-electron chi connectivity index (χ4n) is 2.12. The molecule has 5 nitrogen and oxygen atoms in total.